The van der Waals surface area contributed by atoms with Crippen LogP contribution in [0.15, 0.2) is 51.8 Å². The molecule has 0 spiro atoms. The van der Waals surface area contributed by atoms with Gasteiger partial charge in [0.05, 0.1) is 23.4 Å². The van der Waals surface area contributed by atoms with Crippen molar-refractivity contribution in [1.29, 1.82) is 0 Å². The van der Waals surface area contributed by atoms with Gasteiger partial charge in [-0.25, -0.2) is 15.0 Å². The molecule has 1 aliphatic heterocycles. The number of thiazole rings is 1. The molecule has 0 unspecified atom stereocenters. The van der Waals surface area contributed by atoms with Gasteiger partial charge >= 0.3 is 0 Å². The van der Waals surface area contributed by atoms with Crippen LogP contribution in [-0.4, -0.2) is 61.6 Å². The summed E-state index contributed by atoms with van der Waals surface area (Å²) in [7, 11) is 5.61. The van der Waals surface area contributed by atoms with Gasteiger partial charge in [-0.2, -0.15) is 0 Å². The first-order chi connectivity index (χ1) is 17.3. The number of amidine groups is 1. The van der Waals surface area contributed by atoms with E-state index in [0.29, 0.717) is 31.0 Å². The van der Waals surface area contributed by atoms with E-state index in [1.807, 2.05) is 36.0 Å². The number of aromatic nitrogens is 1. The van der Waals surface area contributed by atoms with E-state index in [4.69, 9.17) is 19.7 Å². The van der Waals surface area contributed by atoms with Crippen LogP contribution in [0, 0.1) is 19.8 Å². The Bertz CT molecular complexity index is 1310. The fraction of sp³-hybridized carbons (Fsp3) is 0.429. The number of methoxy groups -OCH3 is 1. The molecule has 0 radical (unpaired) electrons. The molecule has 0 saturated heterocycles. The number of carbonyl (C=O) groups is 1. The molecule has 0 N–H and O–H groups in total. The molecule has 7 nitrogen and oxygen atoms in total. The van der Waals surface area contributed by atoms with Crippen molar-refractivity contribution < 1.29 is 9.53 Å². The lowest BCUT2D eigenvalue weighted by Gasteiger charge is -2.22. The van der Waals surface area contributed by atoms with Crippen LogP contribution in [0.3, 0.4) is 0 Å². The molecule has 3 aliphatic rings. The second kappa shape index (κ2) is 10.0. The molecule has 0 bridgehead atoms. The minimum atomic E-state index is -0.00861. The molecule has 188 valence electrons. The molecular formula is C28H33N5O2S. The number of fused-ring (bicyclic) bond motifs is 1. The molecule has 5 rings (SSSR count). The summed E-state index contributed by atoms with van der Waals surface area (Å²) in [6.07, 6.45) is 7.53. The number of ether oxygens (including phenoxy) is 1. The number of allylic oxidation sites excluding steroid dienone is 4. The van der Waals surface area contributed by atoms with Gasteiger partial charge in [0, 0.05) is 40.0 Å². The van der Waals surface area contributed by atoms with Crippen LogP contribution in [-0.2, 0) is 4.74 Å². The lowest BCUT2D eigenvalue weighted by Crippen LogP contribution is -2.35. The molecule has 1 saturated carbocycles. The Morgan fingerprint density at radius 3 is 2.64 bits per heavy atom. The number of carbonyl (C=O) groups excluding carboxylic acids is 1. The van der Waals surface area contributed by atoms with Gasteiger partial charge in [0.25, 0.3) is 5.91 Å². The zero-order valence-corrected chi connectivity index (χ0v) is 22.5. The first kappa shape index (κ1) is 24.4. The normalized spacial score (nSPS) is 16.6. The SMILES string of the molecule is COC1=CC=C2N=C(CCN(CC3CC3)C(=O)c3nc(N(C)C)sc3-c3ccc(C)c(C)c3)N=C2C1. The van der Waals surface area contributed by atoms with Crippen molar-refractivity contribution >= 4 is 33.9 Å². The predicted molar refractivity (Wildman–Crippen MR) is 147 cm³/mol. The number of nitrogens with zero attached hydrogens (tertiary/aromatic N) is 5. The Morgan fingerprint density at radius 1 is 1.14 bits per heavy atom. The predicted octanol–water partition coefficient (Wildman–Crippen LogP) is 5.41. The summed E-state index contributed by atoms with van der Waals surface area (Å²) in [6.45, 7) is 5.54. The summed E-state index contributed by atoms with van der Waals surface area (Å²) in [5.74, 6) is 2.23. The Hall–Kier alpha value is -3.26. The number of hydrogen-bond acceptors (Lipinski definition) is 7. The molecular weight excluding hydrogens is 470 g/mol. The molecule has 2 aliphatic carbocycles. The standard InChI is InChI=1S/C28H33N5O2S/c1-17-6-9-20(14-18(17)2)26-25(31-28(36-26)32(3)4)27(34)33(16-19-7-8-19)13-12-24-29-22-11-10-21(35-5)15-23(22)30-24/h6,9-11,14,19H,7-8,12-13,15-16H2,1-5H3. The number of hydrogen-bond donors (Lipinski definition) is 0. The Balaban J connectivity index is 1.39. The van der Waals surface area contributed by atoms with Crippen LogP contribution in [0.2, 0.25) is 0 Å². The molecule has 1 aromatic carbocycles. The summed E-state index contributed by atoms with van der Waals surface area (Å²) >= 11 is 1.57. The van der Waals surface area contributed by atoms with Crippen molar-refractivity contribution in [1.82, 2.24) is 9.88 Å². The van der Waals surface area contributed by atoms with Crippen LogP contribution < -0.4 is 4.90 Å². The smallest absolute Gasteiger partial charge is 0.274 e. The van der Waals surface area contributed by atoms with Gasteiger partial charge in [0.1, 0.15) is 17.3 Å². The van der Waals surface area contributed by atoms with Crippen molar-refractivity contribution in [2.24, 2.45) is 15.9 Å². The van der Waals surface area contributed by atoms with Crippen molar-refractivity contribution in [2.45, 2.75) is 39.5 Å². The van der Waals surface area contributed by atoms with E-state index in [0.717, 1.165) is 45.1 Å². The monoisotopic (exact) mass is 503 g/mol. The number of aryl methyl sites for hydroxylation is 2. The highest BCUT2D eigenvalue weighted by molar-refractivity contribution is 7.19. The van der Waals surface area contributed by atoms with E-state index in [2.05, 4.69) is 32.0 Å². The Labute approximate surface area is 216 Å². The fourth-order valence-corrected chi connectivity index (χ4v) is 5.33. The topological polar surface area (TPSA) is 70.4 Å². The lowest BCUT2D eigenvalue weighted by atomic mass is 10.0. The molecule has 1 aromatic heterocycles. The van der Waals surface area contributed by atoms with Gasteiger partial charge in [-0.15, -0.1) is 0 Å². The second-order valence-electron chi connectivity index (χ2n) is 9.96. The van der Waals surface area contributed by atoms with Gasteiger partial charge < -0.3 is 14.5 Å². The minimum Gasteiger partial charge on any atom is -0.501 e. The molecule has 36 heavy (non-hydrogen) atoms. The van der Waals surface area contributed by atoms with E-state index in [-0.39, 0.29) is 5.91 Å². The third-order valence-electron chi connectivity index (χ3n) is 6.88. The number of aliphatic imine (C=N–C) groups is 2. The first-order valence-electron chi connectivity index (χ1n) is 12.5. The highest BCUT2D eigenvalue weighted by Gasteiger charge is 2.31. The average Bonchev–Trinajstić information content (AvgIpc) is 3.41. The summed E-state index contributed by atoms with van der Waals surface area (Å²) < 4.78 is 5.37. The van der Waals surface area contributed by atoms with Gasteiger partial charge in [-0.3, -0.25) is 4.79 Å². The van der Waals surface area contributed by atoms with Gasteiger partial charge in [-0.05, 0) is 61.4 Å². The van der Waals surface area contributed by atoms with Crippen molar-refractivity contribution in [3.8, 4) is 10.4 Å². The molecule has 1 fully saturated rings. The largest absolute Gasteiger partial charge is 0.501 e. The molecule has 0 atom stereocenters. The van der Waals surface area contributed by atoms with Crippen molar-refractivity contribution in [3.05, 3.63) is 58.6 Å². The zero-order valence-electron chi connectivity index (χ0n) is 21.7. The third kappa shape index (κ3) is 5.14. The van der Waals surface area contributed by atoms with E-state index in [1.54, 1.807) is 18.4 Å². The summed E-state index contributed by atoms with van der Waals surface area (Å²) in [4.78, 5) is 33.1. The highest BCUT2D eigenvalue weighted by atomic mass is 32.1. The molecule has 2 heterocycles. The highest BCUT2D eigenvalue weighted by Crippen LogP contribution is 2.37. The number of benzene rings is 1. The van der Waals surface area contributed by atoms with Crippen LogP contribution in [0.1, 0.15) is 47.3 Å². The number of anilines is 1. The summed E-state index contributed by atoms with van der Waals surface area (Å²) in [5.41, 5.74) is 5.87. The molecule has 1 amide bonds. The van der Waals surface area contributed by atoms with E-state index >= 15 is 0 Å². The maximum atomic E-state index is 14.0. The number of amides is 1. The second-order valence-corrected chi connectivity index (χ2v) is 10.9. The van der Waals surface area contributed by atoms with Crippen LogP contribution in [0.25, 0.3) is 10.4 Å². The molecule has 2 aromatic rings. The van der Waals surface area contributed by atoms with E-state index in [1.165, 1.54) is 24.0 Å². The van der Waals surface area contributed by atoms with Gasteiger partial charge in [0.2, 0.25) is 0 Å². The Kier molecular flexibility index (Phi) is 6.79. The maximum Gasteiger partial charge on any atom is 0.274 e. The van der Waals surface area contributed by atoms with E-state index in [9.17, 15) is 4.79 Å². The van der Waals surface area contributed by atoms with Crippen LogP contribution in [0.5, 0.6) is 0 Å². The van der Waals surface area contributed by atoms with Gasteiger partial charge in [0.15, 0.2) is 5.13 Å². The minimum absolute atomic E-state index is 0.00861. The summed E-state index contributed by atoms with van der Waals surface area (Å²) in [6, 6.07) is 6.37. The average molecular weight is 504 g/mol. The first-order valence-corrected chi connectivity index (χ1v) is 13.3. The maximum absolute atomic E-state index is 14.0. The van der Waals surface area contributed by atoms with E-state index < -0.39 is 0 Å². The lowest BCUT2D eigenvalue weighted by molar-refractivity contribution is 0.0748. The zero-order chi connectivity index (χ0) is 25.4. The number of rotatable bonds is 9. The molecule has 8 heteroatoms. The summed E-state index contributed by atoms with van der Waals surface area (Å²) in [5, 5.41) is 0.835. The van der Waals surface area contributed by atoms with Crippen LogP contribution >= 0.6 is 11.3 Å². The van der Waals surface area contributed by atoms with Crippen molar-refractivity contribution in [2.75, 3.05) is 39.2 Å². The fourth-order valence-electron chi connectivity index (χ4n) is 4.35. The van der Waals surface area contributed by atoms with Gasteiger partial charge in [-0.1, -0.05) is 29.5 Å². The van der Waals surface area contributed by atoms with Crippen LogP contribution in [0.4, 0.5) is 5.13 Å². The van der Waals surface area contributed by atoms with Crippen molar-refractivity contribution in [3.63, 3.8) is 0 Å². The third-order valence-corrected chi connectivity index (χ3v) is 8.15. The quantitative estimate of drug-likeness (QED) is 0.459. The Morgan fingerprint density at radius 2 is 1.94 bits per heavy atom.